The van der Waals surface area contributed by atoms with Gasteiger partial charge in [0.05, 0.1) is 5.56 Å². The van der Waals surface area contributed by atoms with E-state index in [1.807, 2.05) is 23.9 Å². The number of para-hydroxylation sites is 1. The molecular weight excluding hydrogens is 280 g/mol. The number of hydrogen-bond acceptors (Lipinski definition) is 3. The smallest absolute Gasteiger partial charge is 0.254 e. The lowest BCUT2D eigenvalue weighted by atomic mass is 10.1. The summed E-state index contributed by atoms with van der Waals surface area (Å²) in [6.07, 6.45) is 2.52. The molecule has 0 atom stereocenters. The molecule has 0 saturated carbocycles. The van der Waals surface area contributed by atoms with Crippen LogP contribution in [0.3, 0.4) is 0 Å². The highest BCUT2D eigenvalue weighted by Gasteiger charge is 2.18. The van der Waals surface area contributed by atoms with Crippen LogP contribution in [-0.2, 0) is 6.54 Å². The van der Waals surface area contributed by atoms with Gasteiger partial charge in [-0.3, -0.25) is 4.79 Å². The van der Waals surface area contributed by atoms with Crippen molar-refractivity contribution in [3.63, 3.8) is 0 Å². The van der Waals surface area contributed by atoms with Gasteiger partial charge in [0, 0.05) is 37.7 Å². The van der Waals surface area contributed by atoms with Crippen molar-refractivity contribution in [1.82, 2.24) is 4.90 Å². The molecule has 2 heterocycles. The van der Waals surface area contributed by atoms with E-state index >= 15 is 0 Å². The molecule has 1 aliphatic rings. The molecule has 1 aromatic heterocycles. The molecule has 21 heavy (non-hydrogen) atoms. The predicted octanol–water partition coefficient (Wildman–Crippen LogP) is 3.62. The van der Waals surface area contributed by atoms with E-state index in [1.165, 1.54) is 24.1 Å². The minimum Gasteiger partial charge on any atom is -0.371 e. The fourth-order valence-electron chi connectivity index (χ4n) is 2.84. The van der Waals surface area contributed by atoms with Crippen LogP contribution in [0, 0.1) is 0 Å². The lowest BCUT2D eigenvalue weighted by molar-refractivity contribution is 0.0786. The maximum absolute atomic E-state index is 12.4. The van der Waals surface area contributed by atoms with Gasteiger partial charge in [-0.15, -0.1) is 0 Å². The quantitative estimate of drug-likeness (QED) is 0.861. The van der Waals surface area contributed by atoms with Crippen LogP contribution in [0.25, 0.3) is 0 Å². The number of thiophene rings is 1. The summed E-state index contributed by atoms with van der Waals surface area (Å²) in [6.45, 7) is 2.90. The first-order valence-electron chi connectivity index (χ1n) is 7.36. The number of anilines is 1. The van der Waals surface area contributed by atoms with Crippen LogP contribution >= 0.6 is 11.3 Å². The molecule has 0 spiro atoms. The van der Waals surface area contributed by atoms with E-state index in [0.717, 1.165) is 18.7 Å². The second-order valence-corrected chi connectivity index (χ2v) is 6.28. The van der Waals surface area contributed by atoms with Gasteiger partial charge in [0.15, 0.2) is 0 Å². The van der Waals surface area contributed by atoms with Gasteiger partial charge in [-0.25, -0.2) is 0 Å². The molecule has 3 nitrogen and oxygen atoms in total. The summed E-state index contributed by atoms with van der Waals surface area (Å²) in [5, 5.41) is 3.85. The molecule has 4 heteroatoms. The molecule has 0 bridgehead atoms. The number of hydrogen-bond donors (Lipinski definition) is 0. The van der Waals surface area contributed by atoms with Crippen LogP contribution in [0.15, 0.2) is 41.1 Å². The Morgan fingerprint density at radius 3 is 2.71 bits per heavy atom. The zero-order valence-corrected chi connectivity index (χ0v) is 13.1. The van der Waals surface area contributed by atoms with Crippen molar-refractivity contribution in [1.29, 1.82) is 0 Å². The van der Waals surface area contributed by atoms with Gasteiger partial charge in [0.2, 0.25) is 0 Å². The van der Waals surface area contributed by atoms with E-state index in [9.17, 15) is 4.79 Å². The molecule has 0 radical (unpaired) electrons. The molecule has 1 saturated heterocycles. The Morgan fingerprint density at radius 1 is 1.24 bits per heavy atom. The van der Waals surface area contributed by atoms with E-state index < -0.39 is 0 Å². The van der Waals surface area contributed by atoms with Crippen LogP contribution in [0.2, 0.25) is 0 Å². The summed E-state index contributed by atoms with van der Waals surface area (Å²) in [5.41, 5.74) is 3.28. The third-order valence-corrected chi connectivity index (χ3v) is 4.64. The molecule has 110 valence electrons. The van der Waals surface area contributed by atoms with Crippen molar-refractivity contribution in [2.45, 2.75) is 19.4 Å². The van der Waals surface area contributed by atoms with Gasteiger partial charge >= 0.3 is 0 Å². The number of rotatable bonds is 4. The van der Waals surface area contributed by atoms with E-state index in [4.69, 9.17) is 0 Å². The summed E-state index contributed by atoms with van der Waals surface area (Å²) in [5.74, 6) is 0.0903. The summed E-state index contributed by atoms with van der Waals surface area (Å²) in [6, 6.07) is 10.3. The fourth-order valence-corrected chi connectivity index (χ4v) is 3.47. The van der Waals surface area contributed by atoms with E-state index in [0.29, 0.717) is 6.54 Å². The Balaban J connectivity index is 1.76. The molecule has 0 aliphatic carbocycles. The van der Waals surface area contributed by atoms with E-state index in [-0.39, 0.29) is 5.91 Å². The number of nitrogens with zero attached hydrogens (tertiary/aromatic N) is 2. The van der Waals surface area contributed by atoms with Crippen LogP contribution in [0.1, 0.15) is 28.8 Å². The van der Waals surface area contributed by atoms with Crippen LogP contribution in [0.4, 0.5) is 5.69 Å². The van der Waals surface area contributed by atoms with Crippen molar-refractivity contribution in [2.75, 3.05) is 25.0 Å². The Bertz CT molecular complexity index is 603. The molecule has 0 unspecified atom stereocenters. The van der Waals surface area contributed by atoms with Gasteiger partial charge in [-0.1, -0.05) is 18.2 Å². The third kappa shape index (κ3) is 3.10. The van der Waals surface area contributed by atoms with Crippen molar-refractivity contribution >= 4 is 22.9 Å². The van der Waals surface area contributed by atoms with Gasteiger partial charge in [-0.2, -0.15) is 11.3 Å². The van der Waals surface area contributed by atoms with Crippen molar-refractivity contribution < 1.29 is 4.79 Å². The molecule has 0 N–H and O–H groups in total. The lowest BCUT2D eigenvalue weighted by Crippen LogP contribution is -2.27. The molecule has 2 aromatic rings. The number of benzene rings is 1. The zero-order chi connectivity index (χ0) is 14.7. The van der Waals surface area contributed by atoms with Crippen molar-refractivity contribution in [3.05, 3.63) is 52.2 Å². The largest absolute Gasteiger partial charge is 0.371 e. The molecule has 1 fully saturated rings. The second kappa shape index (κ2) is 6.31. The van der Waals surface area contributed by atoms with Crippen LogP contribution in [-0.4, -0.2) is 30.9 Å². The Kier molecular flexibility index (Phi) is 4.25. The highest BCUT2D eigenvalue weighted by atomic mass is 32.1. The van der Waals surface area contributed by atoms with Gasteiger partial charge < -0.3 is 9.80 Å². The van der Waals surface area contributed by atoms with Crippen molar-refractivity contribution in [2.24, 2.45) is 0 Å². The molecule has 1 amide bonds. The minimum atomic E-state index is 0.0903. The van der Waals surface area contributed by atoms with Gasteiger partial charge in [0.25, 0.3) is 5.91 Å². The SMILES string of the molecule is CN(Cc1ccccc1N1CCCC1)C(=O)c1ccsc1. The predicted molar refractivity (Wildman–Crippen MR) is 88.0 cm³/mol. The topological polar surface area (TPSA) is 23.6 Å². The molecular formula is C17H20N2OS. The average Bonchev–Trinajstić information content (AvgIpc) is 3.20. The second-order valence-electron chi connectivity index (χ2n) is 5.50. The van der Waals surface area contributed by atoms with Crippen LogP contribution in [0.5, 0.6) is 0 Å². The Morgan fingerprint density at radius 2 is 2.00 bits per heavy atom. The van der Waals surface area contributed by atoms with E-state index in [1.54, 1.807) is 16.2 Å². The highest BCUT2D eigenvalue weighted by molar-refractivity contribution is 7.08. The van der Waals surface area contributed by atoms with Crippen molar-refractivity contribution in [3.8, 4) is 0 Å². The maximum atomic E-state index is 12.4. The van der Waals surface area contributed by atoms with Gasteiger partial charge in [-0.05, 0) is 35.9 Å². The first-order chi connectivity index (χ1) is 10.3. The average molecular weight is 300 g/mol. The number of amides is 1. The fraction of sp³-hybridized carbons (Fsp3) is 0.353. The standard InChI is InChI=1S/C17H20N2OS/c1-18(17(20)15-8-11-21-13-15)12-14-6-2-3-7-16(14)19-9-4-5-10-19/h2-3,6-8,11,13H,4-5,9-10,12H2,1H3. The first-order valence-corrected chi connectivity index (χ1v) is 8.30. The maximum Gasteiger partial charge on any atom is 0.254 e. The van der Waals surface area contributed by atoms with Gasteiger partial charge in [0.1, 0.15) is 0 Å². The molecule has 1 aromatic carbocycles. The Labute approximate surface area is 129 Å². The normalized spacial score (nSPS) is 14.4. The zero-order valence-electron chi connectivity index (χ0n) is 12.3. The summed E-state index contributed by atoms with van der Waals surface area (Å²) in [7, 11) is 1.88. The summed E-state index contributed by atoms with van der Waals surface area (Å²) in [4.78, 5) is 16.6. The number of carbonyl (C=O) groups is 1. The highest BCUT2D eigenvalue weighted by Crippen LogP contribution is 2.25. The summed E-state index contributed by atoms with van der Waals surface area (Å²) < 4.78 is 0. The summed E-state index contributed by atoms with van der Waals surface area (Å²) >= 11 is 1.56. The first kappa shape index (κ1) is 14.1. The molecule has 3 rings (SSSR count). The minimum absolute atomic E-state index is 0.0903. The lowest BCUT2D eigenvalue weighted by Gasteiger charge is -2.24. The number of carbonyl (C=O) groups excluding carboxylic acids is 1. The molecule has 1 aliphatic heterocycles. The monoisotopic (exact) mass is 300 g/mol. The third-order valence-electron chi connectivity index (χ3n) is 3.96. The van der Waals surface area contributed by atoms with E-state index in [2.05, 4.69) is 29.2 Å². The van der Waals surface area contributed by atoms with Crippen LogP contribution < -0.4 is 4.90 Å². The Hall–Kier alpha value is -1.81.